The molecule has 2 rings (SSSR count). The summed E-state index contributed by atoms with van der Waals surface area (Å²) in [5, 5.41) is 0. The van der Waals surface area contributed by atoms with Gasteiger partial charge in [-0.3, -0.25) is 0 Å². The highest BCUT2D eigenvalue weighted by atomic mass is 35.5. The monoisotopic (exact) mass is 278 g/mol. The van der Waals surface area contributed by atoms with Crippen molar-refractivity contribution in [3.05, 3.63) is 29.8 Å². The van der Waals surface area contributed by atoms with Crippen molar-refractivity contribution in [3.63, 3.8) is 0 Å². The van der Waals surface area contributed by atoms with Gasteiger partial charge in [0, 0.05) is 13.5 Å². The fourth-order valence-corrected chi connectivity index (χ4v) is 2.47. The third-order valence-electron chi connectivity index (χ3n) is 3.38. The van der Waals surface area contributed by atoms with Gasteiger partial charge in [-0.2, -0.15) is 0 Å². The molecule has 1 aliphatic rings. The van der Waals surface area contributed by atoms with Crippen LogP contribution in [0.5, 0.6) is 5.75 Å². The molecule has 102 valence electrons. The Kier molecular flexibility index (Phi) is 5.57. The summed E-state index contributed by atoms with van der Waals surface area (Å²) >= 11 is 5.60. The van der Waals surface area contributed by atoms with E-state index in [2.05, 4.69) is 11.8 Å². The summed E-state index contributed by atoms with van der Waals surface area (Å²) in [7, 11) is 1.77. The third-order valence-corrected chi connectivity index (χ3v) is 3.52. The number of hydrogen-bond donors (Lipinski definition) is 0. The lowest BCUT2D eigenvalue weighted by atomic mass is 9.95. The van der Waals surface area contributed by atoms with Crippen LogP contribution >= 0.6 is 11.6 Å². The Morgan fingerprint density at radius 1 is 1.26 bits per heavy atom. The van der Waals surface area contributed by atoms with Gasteiger partial charge in [0.05, 0.1) is 17.5 Å². The van der Waals surface area contributed by atoms with E-state index in [1.54, 1.807) is 7.11 Å². The lowest BCUT2D eigenvalue weighted by Crippen LogP contribution is -2.29. The van der Waals surface area contributed by atoms with E-state index in [4.69, 9.17) is 21.1 Å². The predicted molar refractivity (Wildman–Crippen MR) is 77.7 cm³/mol. The second kappa shape index (κ2) is 7.43. The van der Waals surface area contributed by atoms with Crippen LogP contribution in [-0.4, -0.2) is 25.2 Å². The summed E-state index contributed by atoms with van der Waals surface area (Å²) in [6.45, 7) is 0. The summed E-state index contributed by atoms with van der Waals surface area (Å²) in [6.07, 6.45) is 4.85. The first-order valence-corrected chi connectivity index (χ1v) is 7.20. The molecule has 0 heterocycles. The Balaban J connectivity index is 2.06. The molecular formula is C16H19ClO2. The first kappa shape index (κ1) is 14.2. The van der Waals surface area contributed by atoms with E-state index in [0.717, 1.165) is 37.0 Å². The molecule has 1 aromatic carbocycles. The fourth-order valence-electron chi connectivity index (χ4n) is 2.40. The fraction of sp³-hybridized carbons (Fsp3) is 0.500. The second-order valence-corrected chi connectivity index (χ2v) is 4.96. The van der Waals surface area contributed by atoms with Gasteiger partial charge in [0.2, 0.25) is 0 Å². The van der Waals surface area contributed by atoms with Crippen molar-refractivity contribution in [1.29, 1.82) is 0 Å². The first-order chi connectivity index (χ1) is 9.33. The zero-order valence-electron chi connectivity index (χ0n) is 11.2. The van der Waals surface area contributed by atoms with Gasteiger partial charge in [0.15, 0.2) is 0 Å². The summed E-state index contributed by atoms with van der Waals surface area (Å²) in [5.41, 5.74) is 0.905. The summed E-state index contributed by atoms with van der Waals surface area (Å²) in [6, 6.07) is 7.86. The Labute approximate surface area is 120 Å². The number of ether oxygens (including phenoxy) is 2. The van der Waals surface area contributed by atoms with Crippen molar-refractivity contribution in [2.24, 2.45) is 0 Å². The SMILES string of the molecule is COC1CCCC(Oc2ccccc2C#CCCl)C1. The highest BCUT2D eigenvalue weighted by Gasteiger charge is 2.23. The normalized spacial score (nSPS) is 22.4. The van der Waals surface area contributed by atoms with Gasteiger partial charge < -0.3 is 9.47 Å². The quantitative estimate of drug-likeness (QED) is 0.621. The number of alkyl halides is 1. The molecule has 1 aromatic rings. The zero-order valence-corrected chi connectivity index (χ0v) is 12.0. The molecule has 0 spiro atoms. The Morgan fingerprint density at radius 3 is 2.84 bits per heavy atom. The van der Waals surface area contributed by atoms with Crippen LogP contribution in [0.3, 0.4) is 0 Å². The molecule has 2 nitrogen and oxygen atoms in total. The number of benzene rings is 1. The van der Waals surface area contributed by atoms with Gasteiger partial charge in [-0.25, -0.2) is 0 Å². The molecule has 1 aliphatic carbocycles. The Bertz CT molecular complexity index is 461. The van der Waals surface area contributed by atoms with Crippen molar-refractivity contribution < 1.29 is 9.47 Å². The number of hydrogen-bond acceptors (Lipinski definition) is 2. The van der Waals surface area contributed by atoms with Crippen molar-refractivity contribution in [1.82, 2.24) is 0 Å². The van der Waals surface area contributed by atoms with Crippen LogP contribution in [0.15, 0.2) is 24.3 Å². The molecule has 2 atom stereocenters. The summed E-state index contributed by atoms with van der Waals surface area (Å²) < 4.78 is 11.5. The summed E-state index contributed by atoms with van der Waals surface area (Å²) in [5.74, 6) is 7.10. The van der Waals surface area contributed by atoms with Gasteiger partial charge >= 0.3 is 0 Å². The van der Waals surface area contributed by atoms with Gasteiger partial charge in [0.1, 0.15) is 11.9 Å². The molecule has 0 aromatic heterocycles. The van der Waals surface area contributed by atoms with Gasteiger partial charge in [-0.05, 0) is 31.4 Å². The molecule has 3 heteroatoms. The van der Waals surface area contributed by atoms with E-state index in [9.17, 15) is 0 Å². The maximum atomic E-state index is 6.09. The minimum absolute atomic E-state index is 0.220. The molecule has 1 saturated carbocycles. The average molecular weight is 279 g/mol. The van der Waals surface area contributed by atoms with E-state index < -0.39 is 0 Å². The topological polar surface area (TPSA) is 18.5 Å². The van der Waals surface area contributed by atoms with Crippen molar-refractivity contribution in [3.8, 4) is 17.6 Å². The second-order valence-electron chi connectivity index (χ2n) is 4.70. The van der Waals surface area contributed by atoms with E-state index in [1.165, 1.54) is 0 Å². The minimum atomic E-state index is 0.220. The van der Waals surface area contributed by atoms with Gasteiger partial charge in [-0.1, -0.05) is 24.0 Å². The van der Waals surface area contributed by atoms with E-state index in [1.807, 2.05) is 24.3 Å². The standard InChI is InChI=1S/C16H19ClO2/c1-18-14-8-4-9-15(12-14)19-16-10-3-2-6-13(16)7-5-11-17/h2-3,6,10,14-15H,4,8-9,11-12H2,1H3. The highest BCUT2D eigenvalue weighted by molar-refractivity contribution is 6.19. The van der Waals surface area contributed by atoms with Crippen molar-refractivity contribution in [2.45, 2.75) is 37.9 Å². The van der Waals surface area contributed by atoms with Crippen LogP contribution in [0.2, 0.25) is 0 Å². The van der Waals surface area contributed by atoms with Crippen LogP contribution < -0.4 is 4.74 Å². The molecule has 19 heavy (non-hydrogen) atoms. The number of rotatable bonds is 3. The smallest absolute Gasteiger partial charge is 0.135 e. The Hall–Kier alpha value is -1.17. The third kappa shape index (κ3) is 4.16. The number of para-hydroxylation sites is 1. The zero-order chi connectivity index (χ0) is 13.5. The number of methoxy groups -OCH3 is 1. The predicted octanol–water partition coefficient (Wildman–Crippen LogP) is 3.61. The van der Waals surface area contributed by atoms with Gasteiger partial charge in [0.25, 0.3) is 0 Å². The average Bonchev–Trinajstić information content (AvgIpc) is 2.46. The molecule has 1 fully saturated rings. The highest BCUT2D eigenvalue weighted by Crippen LogP contribution is 2.26. The van der Waals surface area contributed by atoms with Crippen LogP contribution in [0.25, 0.3) is 0 Å². The van der Waals surface area contributed by atoms with Crippen molar-refractivity contribution >= 4 is 11.6 Å². The molecule has 0 aliphatic heterocycles. The van der Waals surface area contributed by atoms with Crippen LogP contribution in [0.1, 0.15) is 31.2 Å². The maximum absolute atomic E-state index is 6.09. The first-order valence-electron chi connectivity index (χ1n) is 6.66. The van der Waals surface area contributed by atoms with Crippen molar-refractivity contribution in [2.75, 3.05) is 13.0 Å². The summed E-state index contributed by atoms with van der Waals surface area (Å²) in [4.78, 5) is 0. The van der Waals surface area contributed by atoms with Crippen LogP contribution in [0.4, 0.5) is 0 Å². The lowest BCUT2D eigenvalue weighted by molar-refractivity contribution is 0.0209. The lowest BCUT2D eigenvalue weighted by Gasteiger charge is -2.29. The molecule has 0 radical (unpaired) electrons. The van der Waals surface area contributed by atoms with E-state index >= 15 is 0 Å². The Morgan fingerprint density at radius 2 is 2.05 bits per heavy atom. The molecule has 0 saturated heterocycles. The minimum Gasteiger partial charge on any atom is -0.489 e. The number of halogens is 1. The molecule has 0 N–H and O–H groups in total. The molecule has 0 bridgehead atoms. The van der Waals surface area contributed by atoms with Crippen LogP contribution in [-0.2, 0) is 4.74 Å². The largest absolute Gasteiger partial charge is 0.489 e. The van der Waals surface area contributed by atoms with Crippen LogP contribution in [0, 0.1) is 11.8 Å². The molecular weight excluding hydrogens is 260 g/mol. The van der Waals surface area contributed by atoms with Gasteiger partial charge in [-0.15, -0.1) is 11.6 Å². The maximum Gasteiger partial charge on any atom is 0.135 e. The van der Waals surface area contributed by atoms with E-state index in [0.29, 0.717) is 12.0 Å². The van der Waals surface area contributed by atoms with E-state index in [-0.39, 0.29) is 6.10 Å². The molecule has 2 unspecified atom stereocenters. The molecule has 0 amide bonds.